The Bertz CT molecular complexity index is 255. The molecule has 0 aromatic carbocycles. The summed E-state index contributed by atoms with van der Waals surface area (Å²) in [6, 6.07) is 0. The van der Waals surface area contributed by atoms with Crippen molar-refractivity contribution >= 4 is 35.3 Å². The van der Waals surface area contributed by atoms with Crippen molar-refractivity contribution in [1.29, 1.82) is 0 Å². The molecule has 0 N–H and O–H groups in total. The highest BCUT2D eigenvalue weighted by atomic mass is 32.2. The Morgan fingerprint density at radius 3 is 2.10 bits per heavy atom. The molecule has 1 aromatic rings. The van der Waals surface area contributed by atoms with Crippen molar-refractivity contribution in [3.05, 3.63) is 32.7 Å². The van der Waals surface area contributed by atoms with E-state index in [4.69, 9.17) is 0 Å². The molecule has 0 unspecified atom stereocenters. The van der Waals surface area contributed by atoms with Gasteiger partial charge in [-0.05, 0) is 44.9 Å². The summed E-state index contributed by atoms with van der Waals surface area (Å²) in [5.41, 5.74) is 2.68. The van der Waals surface area contributed by atoms with Crippen molar-refractivity contribution in [2.75, 3.05) is 0 Å². The molecule has 0 saturated heterocycles. The maximum atomic E-state index is 2.17. The van der Waals surface area contributed by atoms with Crippen LogP contribution in [0.5, 0.6) is 0 Å². The van der Waals surface area contributed by atoms with Crippen molar-refractivity contribution in [1.82, 2.24) is 0 Å². The SMILES string of the molecule is C1=Cc2cscc2C=CS1. The molecule has 1 aromatic heterocycles. The average molecular weight is 166 g/mol. The second kappa shape index (κ2) is 2.64. The summed E-state index contributed by atoms with van der Waals surface area (Å²) in [5, 5.41) is 8.55. The number of thioether (sulfide) groups is 1. The number of thiophene rings is 1. The molecule has 0 radical (unpaired) electrons. The van der Waals surface area contributed by atoms with Gasteiger partial charge in [0, 0.05) is 0 Å². The molecule has 10 heavy (non-hydrogen) atoms. The van der Waals surface area contributed by atoms with E-state index in [1.54, 1.807) is 23.1 Å². The molecule has 2 rings (SSSR count). The summed E-state index contributed by atoms with van der Waals surface area (Å²) in [4.78, 5) is 0. The van der Waals surface area contributed by atoms with Gasteiger partial charge in [0.1, 0.15) is 0 Å². The maximum absolute atomic E-state index is 2.17. The lowest BCUT2D eigenvalue weighted by atomic mass is 10.2. The Morgan fingerprint density at radius 2 is 1.50 bits per heavy atom. The van der Waals surface area contributed by atoms with Crippen LogP contribution >= 0.6 is 23.1 Å². The quantitative estimate of drug-likeness (QED) is 0.569. The molecule has 2 heterocycles. The molecule has 50 valence electrons. The molecule has 0 atom stereocenters. The third-order valence-electron chi connectivity index (χ3n) is 1.38. The zero-order chi connectivity index (χ0) is 6.81. The van der Waals surface area contributed by atoms with Crippen molar-refractivity contribution in [2.24, 2.45) is 0 Å². The third-order valence-corrected chi connectivity index (χ3v) is 2.74. The van der Waals surface area contributed by atoms with E-state index in [9.17, 15) is 0 Å². The molecule has 0 nitrogen and oxygen atoms in total. The number of rotatable bonds is 0. The molecule has 1 aliphatic heterocycles. The lowest BCUT2D eigenvalue weighted by Crippen LogP contribution is -1.66. The van der Waals surface area contributed by atoms with Gasteiger partial charge >= 0.3 is 0 Å². The zero-order valence-electron chi connectivity index (χ0n) is 5.28. The minimum Gasteiger partial charge on any atom is -0.151 e. The molecule has 0 aliphatic carbocycles. The minimum absolute atomic E-state index is 1.34. The van der Waals surface area contributed by atoms with Gasteiger partial charge in [-0.3, -0.25) is 0 Å². The maximum Gasteiger partial charge on any atom is -0.00143 e. The van der Waals surface area contributed by atoms with Gasteiger partial charge in [-0.2, -0.15) is 11.3 Å². The Morgan fingerprint density at radius 1 is 0.900 bits per heavy atom. The Balaban J connectivity index is 2.56. The Kier molecular flexibility index (Phi) is 1.65. The van der Waals surface area contributed by atoms with Crippen molar-refractivity contribution in [3.8, 4) is 0 Å². The summed E-state index contributed by atoms with van der Waals surface area (Å²) in [5.74, 6) is 0. The normalized spacial score (nSPS) is 14.8. The number of fused-ring (bicyclic) bond motifs is 1. The first-order valence-electron chi connectivity index (χ1n) is 3.01. The standard InChI is InChI=1S/C8H6S2/c1-3-9-4-2-8-6-10-5-7(1)8/h1-6H. The predicted octanol–water partition coefficient (Wildman–Crippen LogP) is 3.44. The highest BCUT2D eigenvalue weighted by molar-refractivity contribution is 8.05. The van der Waals surface area contributed by atoms with Crippen LogP contribution in [0.25, 0.3) is 12.2 Å². The van der Waals surface area contributed by atoms with Gasteiger partial charge in [0.15, 0.2) is 0 Å². The monoisotopic (exact) mass is 166 g/mol. The first kappa shape index (κ1) is 6.25. The van der Waals surface area contributed by atoms with Crippen LogP contribution in [0.15, 0.2) is 21.6 Å². The van der Waals surface area contributed by atoms with Gasteiger partial charge in [-0.25, -0.2) is 0 Å². The van der Waals surface area contributed by atoms with Crippen LogP contribution in [0.3, 0.4) is 0 Å². The first-order chi connectivity index (χ1) is 4.97. The van der Waals surface area contributed by atoms with Crippen molar-refractivity contribution in [2.45, 2.75) is 0 Å². The van der Waals surface area contributed by atoms with Crippen LogP contribution in [-0.4, -0.2) is 0 Å². The second-order valence-electron chi connectivity index (χ2n) is 2.02. The van der Waals surface area contributed by atoms with E-state index in [0.29, 0.717) is 0 Å². The topological polar surface area (TPSA) is 0 Å². The summed E-state index contributed by atoms with van der Waals surface area (Å²) >= 11 is 3.47. The van der Waals surface area contributed by atoms with Crippen LogP contribution in [-0.2, 0) is 0 Å². The Hall–Kier alpha value is -0.470. The number of hydrogen-bond acceptors (Lipinski definition) is 2. The van der Waals surface area contributed by atoms with E-state index < -0.39 is 0 Å². The highest BCUT2D eigenvalue weighted by Crippen LogP contribution is 2.24. The largest absolute Gasteiger partial charge is 0.151 e. The third kappa shape index (κ3) is 1.04. The van der Waals surface area contributed by atoms with Gasteiger partial charge in [-0.15, -0.1) is 11.8 Å². The van der Waals surface area contributed by atoms with Crippen molar-refractivity contribution < 1.29 is 0 Å². The molecule has 0 amide bonds. The zero-order valence-corrected chi connectivity index (χ0v) is 6.91. The fourth-order valence-electron chi connectivity index (χ4n) is 0.858. The predicted molar refractivity (Wildman–Crippen MR) is 50.0 cm³/mol. The van der Waals surface area contributed by atoms with Gasteiger partial charge in [0.2, 0.25) is 0 Å². The van der Waals surface area contributed by atoms with Gasteiger partial charge < -0.3 is 0 Å². The Labute approximate surface area is 68.3 Å². The van der Waals surface area contributed by atoms with Crippen LogP contribution in [0.1, 0.15) is 11.1 Å². The summed E-state index contributed by atoms with van der Waals surface area (Å²) in [6.45, 7) is 0. The molecule has 0 spiro atoms. The molecule has 1 aliphatic rings. The molecular weight excluding hydrogens is 160 g/mol. The van der Waals surface area contributed by atoms with E-state index in [2.05, 4.69) is 33.7 Å². The van der Waals surface area contributed by atoms with Crippen LogP contribution < -0.4 is 0 Å². The summed E-state index contributed by atoms with van der Waals surface area (Å²) < 4.78 is 0. The fraction of sp³-hybridized carbons (Fsp3) is 0. The highest BCUT2D eigenvalue weighted by Gasteiger charge is 1.97. The van der Waals surface area contributed by atoms with E-state index in [1.165, 1.54) is 11.1 Å². The van der Waals surface area contributed by atoms with E-state index in [-0.39, 0.29) is 0 Å². The first-order valence-corrected chi connectivity index (χ1v) is 4.90. The van der Waals surface area contributed by atoms with E-state index in [0.717, 1.165) is 0 Å². The molecule has 2 heteroatoms. The lowest BCUT2D eigenvalue weighted by Gasteiger charge is -1.84. The molecule has 0 saturated carbocycles. The molecule has 0 bridgehead atoms. The van der Waals surface area contributed by atoms with E-state index in [1.807, 2.05) is 0 Å². The van der Waals surface area contributed by atoms with Crippen LogP contribution in [0, 0.1) is 0 Å². The van der Waals surface area contributed by atoms with Crippen molar-refractivity contribution in [3.63, 3.8) is 0 Å². The minimum atomic E-state index is 1.34. The smallest absolute Gasteiger partial charge is 0.00143 e. The summed E-state index contributed by atoms with van der Waals surface area (Å²) in [6.07, 6.45) is 4.30. The average Bonchev–Trinajstić information content (AvgIpc) is 2.28. The molecular formula is C8H6S2. The van der Waals surface area contributed by atoms with Gasteiger partial charge in [-0.1, -0.05) is 0 Å². The lowest BCUT2D eigenvalue weighted by molar-refractivity contribution is 1.81. The van der Waals surface area contributed by atoms with Gasteiger partial charge in [0.05, 0.1) is 0 Å². The second-order valence-corrected chi connectivity index (χ2v) is 3.58. The fourth-order valence-corrected chi connectivity index (χ4v) is 2.19. The summed E-state index contributed by atoms with van der Waals surface area (Å²) in [7, 11) is 0. The van der Waals surface area contributed by atoms with Gasteiger partial charge in [0.25, 0.3) is 0 Å². The molecule has 0 fully saturated rings. The number of hydrogen-bond donors (Lipinski definition) is 0. The van der Waals surface area contributed by atoms with Crippen LogP contribution in [0.2, 0.25) is 0 Å². The van der Waals surface area contributed by atoms with E-state index >= 15 is 0 Å². The van der Waals surface area contributed by atoms with Crippen LogP contribution in [0.4, 0.5) is 0 Å².